The van der Waals surface area contributed by atoms with E-state index < -0.39 is 0 Å². The number of rotatable bonds is 1. The van der Waals surface area contributed by atoms with Gasteiger partial charge in [0.15, 0.2) is 0 Å². The Bertz CT molecular complexity index is 216. The van der Waals surface area contributed by atoms with Gasteiger partial charge in [-0.3, -0.25) is 4.79 Å². The van der Waals surface area contributed by atoms with Crippen molar-refractivity contribution in [3.8, 4) is 0 Å². The molecule has 80 valence electrons. The van der Waals surface area contributed by atoms with Gasteiger partial charge in [0.25, 0.3) is 0 Å². The van der Waals surface area contributed by atoms with Crippen molar-refractivity contribution < 1.29 is 4.79 Å². The van der Waals surface area contributed by atoms with Gasteiger partial charge in [-0.1, -0.05) is 0 Å². The summed E-state index contributed by atoms with van der Waals surface area (Å²) in [7, 11) is 0. The van der Waals surface area contributed by atoms with Crippen LogP contribution in [0, 0.1) is 5.41 Å². The van der Waals surface area contributed by atoms with Crippen molar-refractivity contribution in [3.63, 3.8) is 0 Å². The molecule has 1 spiro atoms. The molecule has 3 heteroatoms. The Balaban J connectivity index is 2.01. The average molecular weight is 196 g/mol. The second-order valence-corrected chi connectivity index (χ2v) is 4.82. The number of carbonyl (C=O) groups is 1. The van der Waals surface area contributed by atoms with Gasteiger partial charge in [0.05, 0.1) is 6.04 Å². The third-order valence-corrected chi connectivity index (χ3v) is 3.84. The fourth-order valence-electron chi connectivity index (χ4n) is 2.82. The van der Waals surface area contributed by atoms with Crippen LogP contribution < -0.4 is 10.6 Å². The summed E-state index contributed by atoms with van der Waals surface area (Å²) in [6, 6.07) is 0.127. The Hall–Kier alpha value is -0.410. The number of ketones is 1. The lowest BCUT2D eigenvalue weighted by molar-refractivity contribution is -0.120. The van der Waals surface area contributed by atoms with Gasteiger partial charge < -0.3 is 10.6 Å². The zero-order chi connectivity index (χ0) is 10.0. The van der Waals surface area contributed by atoms with E-state index in [-0.39, 0.29) is 6.04 Å². The third-order valence-electron chi connectivity index (χ3n) is 3.84. The van der Waals surface area contributed by atoms with Gasteiger partial charge in [-0.15, -0.1) is 0 Å². The predicted octanol–water partition coefficient (Wildman–Crippen LogP) is 0.697. The summed E-state index contributed by atoms with van der Waals surface area (Å²) in [6.45, 7) is 4.98. The van der Waals surface area contributed by atoms with Gasteiger partial charge in [-0.05, 0) is 57.7 Å². The van der Waals surface area contributed by atoms with E-state index in [0.717, 1.165) is 26.1 Å². The third kappa shape index (κ3) is 1.98. The van der Waals surface area contributed by atoms with Gasteiger partial charge >= 0.3 is 0 Å². The predicted molar refractivity (Wildman–Crippen MR) is 56.2 cm³/mol. The summed E-state index contributed by atoms with van der Waals surface area (Å²) in [6.07, 6.45) is 4.80. The summed E-state index contributed by atoms with van der Waals surface area (Å²) in [4.78, 5) is 11.3. The summed E-state index contributed by atoms with van der Waals surface area (Å²) in [5.74, 6) is 0.308. The standard InChI is InChI=1S/C11H20N2O/c1-9(14)10-8-11(4-7-13-10)2-5-12-6-3-11/h10,12-13H,2-8H2,1H3. The van der Waals surface area contributed by atoms with Crippen molar-refractivity contribution in [2.24, 2.45) is 5.41 Å². The molecule has 2 N–H and O–H groups in total. The first kappa shape index (κ1) is 10.1. The normalized spacial score (nSPS) is 31.6. The van der Waals surface area contributed by atoms with E-state index >= 15 is 0 Å². The first-order chi connectivity index (χ1) is 6.72. The highest BCUT2D eigenvalue weighted by molar-refractivity contribution is 5.81. The van der Waals surface area contributed by atoms with E-state index in [2.05, 4.69) is 10.6 Å². The van der Waals surface area contributed by atoms with Crippen molar-refractivity contribution >= 4 is 5.78 Å². The van der Waals surface area contributed by atoms with E-state index in [0.29, 0.717) is 11.2 Å². The molecular weight excluding hydrogens is 176 g/mol. The van der Waals surface area contributed by atoms with Crippen LogP contribution in [0.1, 0.15) is 32.6 Å². The lowest BCUT2D eigenvalue weighted by atomic mass is 9.69. The molecule has 0 aliphatic carbocycles. The molecule has 1 unspecified atom stereocenters. The molecule has 14 heavy (non-hydrogen) atoms. The second-order valence-electron chi connectivity index (χ2n) is 4.82. The van der Waals surface area contributed by atoms with Crippen LogP contribution >= 0.6 is 0 Å². The highest BCUT2D eigenvalue weighted by Crippen LogP contribution is 2.39. The molecule has 2 heterocycles. The van der Waals surface area contributed by atoms with Crippen molar-refractivity contribution in [3.05, 3.63) is 0 Å². The molecule has 0 radical (unpaired) electrons. The molecule has 2 rings (SSSR count). The first-order valence-electron chi connectivity index (χ1n) is 5.66. The molecule has 0 saturated carbocycles. The SMILES string of the molecule is CC(=O)C1CC2(CCNCC2)CCN1. The largest absolute Gasteiger partial charge is 0.317 e. The van der Waals surface area contributed by atoms with Crippen LogP contribution in [0.15, 0.2) is 0 Å². The zero-order valence-corrected chi connectivity index (χ0v) is 8.94. The number of hydrogen-bond acceptors (Lipinski definition) is 3. The van der Waals surface area contributed by atoms with Gasteiger partial charge in [-0.2, -0.15) is 0 Å². The summed E-state index contributed by atoms with van der Waals surface area (Å²) in [5.41, 5.74) is 0.465. The van der Waals surface area contributed by atoms with Crippen LogP contribution in [0.25, 0.3) is 0 Å². The Morgan fingerprint density at radius 2 is 1.86 bits per heavy atom. The van der Waals surface area contributed by atoms with Gasteiger partial charge in [0, 0.05) is 0 Å². The maximum Gasteiger partial charge on any atom is 0.146 e. The lowest BCUT2D eigenvalue weighted by Gasteiger charge is -2.43. The zero-order valence-electron chi connectivity index (χ0n) is 8.94. The van der Waals surface area contributed by atoms with Crippen LogP contribution in [-0.4, -0.2) is 31.5 Å². The van der Waals surface area contributed by atoms with E-state index in [1.807, 2.05) is 0 Å². The van der Waals surface area contributed by atoms with Crippen LogP contribution in [0.5, 0.6) is 0 Å². The van der Waals surface area contributed by atoms with Crippen molar-refractivity contribution in [1.82, 2.24) is 10.6 Å². The quantitative estimate of drug-likeness (QED) is 0.648. The topological polar surface area (TPSA) is 41.1 Å². The smallest absolute Gasteiger partial charge is 0.146 e. The second kappa shape index (κ2) is 3.99. The van der Waals surface area contributed by atoms with Crippen LogP contribution in [0.3, 0.4) is 0 Å². The minimum Gasteiger partial charge on any atom is -0.317 e. The van der Waals surface area contributed by atoms with Crippen molar-refractivity contribution in [2.75, 3.05) is 19.6 Å². The number of carbonyl (C=O) groups excluding carboxylic acids is 1. The average Bonchev–Trinajstić information content (AvgIpc) is 2.19. The van der Waals surface area contributed by atoms with Crippen LogP contribution in [-0.2, 0) is 4.79 Å². The maximum absolute atomic E-state index is 11.3. The number of hydrogen-bond donors (Lipinski definition) is 2. The molecule has 0 bridgehead atoms. The summed E-state index contributed by atoms with van der Waals surface area (Å²) < 4.78 is 0. The molecule has 0 aromatic carbocycles. The number of piperidine rings is 2. The monoisotopic (exact) mass is 196 g/mol. The maximum atomic E-state index is 11.3. The van der Waals surface area contributed by atoms with E-state index in [9.17, 15) is 4.79 Å². The molecule has 2 saturated heterocycles. The van der Waals surface area contributed by atoms with Crippen molar-refractivity contribution in [1.29, 1.82) is 0 Å². The van der Waals surface area contributed by atoms with Gasteiger partial charge in [0.2, 0.25) is 0 Å². The van der Waals surface area contributed by atoms with Crippen LogP contribution in [0.4, 0.5) is 0 Å². The number of Topliss-reactive ketones (excluding diaryl/α,β-unsaturated/α-hetero) is 1. The lowest BCUT2D eigenvalue weighted by Crippen LogP contribution is -2.50. The molecule has 2 aliphatic rings. The Morgan fingerprint density at radius 1 is 1.21 bits per heavy atom. The Labute approximate surface area is 85.6 Å². The highest BCUT2D eigenvalue weighted by Gasteiger charge is 2.38. The van der Waals surface area contributed by atoms with Crippen LogP contribution in [0.2, 0.25) is 0 Å². The Morgan fingerprint density at radius 3 is 2.50 bits per heavy atom. The molecular formula is C11H20N2O. The van der Waals surface area contributed by atoms with E-state index in [1.165, 1.54) is 19.3 Å². The summed E-state index contributed by atoms with van der Waals surface area (Å²) >= 11 is 0. The minimum atomic E-state index is 0.127. The van der Waals surface area contributed by atoms with Crippen molar-refractivity contribution in [2.45, 2.75) is 38.6 Å². The molecule has 0 aromatic rings. The molecule has 0 amide bonds. The molecule has 1 atom stereocenters. The fraction of sp³-hybridized carbons (Fsp3) is 0.909. The van der Waals surface area contributed by atoms with E-state index in [4.69, 9.17) is 0 Å². The minimum absolute atomic E-state index is 0.127. The molecule has 3 nitrogen and oxygen atoms in total. The molecule has 2 aliphatic heterocycles. The number of nitrogens with one attached hydrogen (secondary N) is 2. The first-order valence-corrected chi connectivity index (χ1v) is 5.66. The summed E-state index contributed by atoms with van der Waals surface area (Å²) in [5, 5.41) is 6.72. The van der Waals surface area contributed by atoms with E-state index in [1.54, 1.807) is 6.92 Å². The van der Waals surface area contributed by atoms with Gasteiger partial charge in [0.1, 0.15) is 5.78 Å². The Kier molecular flexibility index (Phi) is 2.88. The molecule has 2 fully saturated rings. The highest BCUT2D eigenvalue weighted by atomic mass is 16.1. The fourth-order valence-corrected chi connectivity index (χ4v) is 2.82. The van der Waals surface area contributed by atoms with Gasteiger partial charge in [-0.25, -0.2) is 0 Å². The molecule has 0 aromatic heterocycles.